The Morgan fingerprint density at radius 2 is 2.15 bits per heavy atom. The molecule has 0 aliphatic heterocycles. The normalized spacial score (nSPS) is 13.8. The molecule has 0 aliphatic carbocycles. The summed E-state index contributed by atoms with van der Waals surface area (Å²) < 4.78 is 31.5. The lowest BCUT2D eigenvalue weighted by Crippen LogP contribution is -2.53. The third-order valence-electron chi connectivity index (χ3n) is 3.11. The van der Waals surface area contributed by atoms with E-state index in [1.54, 1.807) is 6.92 Å². The molecule has 1 aromatic rings. The number of amides is 1. The van der Waals surface area contributed by atoms with Crippen LogP contribution < -0.4 is 15.8 Å². The number of benzene rings is 1. The number of nitrogens with one attached hydrogen (secondary N) is 1. The van der Waals surface area contributed by atoms with Crippen molar-refractivity contribution in [1.82, 2.24) is 5.32 Å². The van der Waals surface area contributed by atoms with Gasteiger partial charge < -0.3 is 15.8 Å². The zero-order valence-corrected chi connectivity index (χ0v) is 11.7. The van der Waals surface area contributed by atoms with E-state index in [1.807, 2.05) is 6.92 Å². The van der Waals surface area contributed by atoms with Crippen molar-refractivity contribution in [3.63, 3.8) is 0 Å². The van der Waals surface area contributed by atoms with Crippen molar-refractivity contribution >= 4 is 5.91 Å². The van der Waals surface area contributed by atoms with Gasteiger partial charge in [0.15, 0.2) is 11.6 Å². The second-order valence-corrected chi connectivity index (χ2v) is 4.73. The Balaban J connectivity index is 2.48. The van der Waals surface area contributed by atoms with Crippen LogP contribution in [0.15, 0.2) is 18.2 Å². The highest BCUT2D eigenvalue weighted by Gasteiger charge is 2.29. The number of rotatable bonds is 8. The van der Waals surface area contributed by atoms with Gasteiger partial charge in [0.05, 0.1) is 12.1 Å². The zero-order valence-electron chi connectivity index (χ0n) is 11.7. The molecular formula is C14H20F2N2O2. The van der Waals surface area contributed by atoms with Gasteiger partial charge in [0.1, 0.15) is 0 Å². The number of likely N-dealkylation sites (N-methyl/N-ethyl adjacent to an activating group) is 1. The SMILES string of the molecule is CCNC(C)(CCCOc1cccc(F)c1F)C(N)=O. The Kier molecular flexibility index (Phi) is 5.88. The standard InChI is InChI=1S/C14H20F2N2O2/c1-3-18-14(2,13(17)19)8-5-9-20-11-7-4-6-10(15)12(11)16/h4,6-7,18H,3,5,8-9H2,1-2H3,(H2,17,19). The Labute approximate surface area is 117 Å². The molecule has 3 N–H and O–H groups in total. The highest BCUT2D eigenvalue weighted by Crippen LogP contribution is 2.20. The largest absolute Gasteiger partial charge is 0.490 e. The van der Waals surface area contributed by atoms with E-state index in [0.29, 0.717) is 19.4 Å². The van der Waals surface area contributed by atoms with Crippen LogP contribution in [0.25, 0.3) is 0 Å². The first-order valence-electron chi connectivity index (χ1n) is 6.52. The van der Waals surface area contributed by atoms with Crippen molar-refractivity contribution < 1.29 is 18.3 Å². The van der Waals surface area contributed by atoms with Gasteiger partial charge in [-0.15, -0.1) is 0 Å². The lowest BCUT2D eigenvalue weighted by atomic mass is 9.95. The Bertz CT molecular complexity index is 468. The molecule has 4 nitrogen and oxygen atoms in total. The number of nitrogens with two attached hydrogens (primary N) is 1. The smallest absolute Gasteiger partial charge is 0.237 e. The molecule has 1 aromatic carbocycles. The van der Waals surface area contributed by atoms with E-state index in [2.05, 4.69) is 5.32 Å². The number of hydrogen-bond donors (Lipinski definition) is 2. The summed E-state index contributed by atoms with van der Waals surface area (Å²) in [6, 6.07) is 3.76. The van der Waals surface area contributed by atoms with Crippen LogP contribution in [0.2, 0.25) is 0 Å². The minimum Gasteiger partial charge on any atom is -0.490 e. The van der Waals surface area contributed by atoms with E-state index in [-0.39, 0.29) is 12.4 Å². The summed E-state index contributed by atoms with van der Waals surface area (Å²) >= 11 is 0. The first-order chi connectivity index (χ1) is 9.40. The lowest BCUT2D eigenvalue weighted by Gasteiger charge is -2.26. The fourth-order valence-corrected chi connectivity index (χ4v) is 1.89. The fraction of sp³-hybridized carbons (Fsp3) is 0.500. The third kappa shape index (κ3) is 4.16. The molecule has 1 amide bonds. The molecule has 20 heavy (non-hydrogen) atoms. The van der Waals surface area contributed by atoms with Crippen molar-refractivity contribution in [3.8, 4) is 5.75 Å². The molecule has 6 heteroatoms. The summed E-state index contributed by atoms with van der Waals surface area (Å²) in [5, 5.41) is 3.01. The summed E-state index contributed by atoms with van der Waals surface area (Å²) in [6.45, 7) is 4.37. The van der Waals surface area contributed by atoms with Crippen LogP contribution >= 0.6 is 0 Å². The van der Waals surface area contributed by atoms with Crippen LogP contribution in [-0.2, 0) is 4.79 Å². The summed E-state index contributed by atoms with van der Waals surface area (Å²) in [4.78, 5) is 11.4. The van der Waals surface area contributed by atoms with Gasteiger partial charge in [0, 0.05) is 0 Å². The molecule has 0 aliphatic rings. The Morgan fingerprint density at radius 3 is 2.75 bits per heavy atom. The van der Waals surface area contributed by atoms with E-state index >= 15 is 0 Å². The molecule has 1 atom stereocenters. The summed E-state index contributed by atoms with van der Waals surface area (Å²) in [6.07, 6.45) is 0.940. The van der Waals surface area contributed by atoms with E-state index in [0.717, 1.165) is 6.07 Å². The predicted octanol–water partition coefficient (Wildman–Crippen LogP) is 1.98. The van der Waals surface area contributed by atoms with Crippen LogP contribution in [0, 0.1) is 11.6 Å². The fourth-order valence-electron chi connectivity index (χ4n) is 1.89. The maximum absolute atomic E-state index is 13.3. The summed E-state index contributed by atoms with van der Waals surface area (Å²) in [5.41, 5.74) is 4.52. The third-order valence-corrected chi connectivity index (χ3v) is 3.11. The first kappa shape index (κ1) is 16.4. The molecule has 0 radical (unpaired) electrons. The highest BCUT2D eigenvalue weighted by molar-refractivity contribution is 5.84. The predicted molar refractivity (Wildman–Crippen MR) is 72.4 cm³/mol. The van der Waals surface area contributed by atoms with E-state index < -0.39 is 23.1 Å². The zero-order chi connectivity index (χ0) is 15.2. The molecule has 0 bridgehead atoms. The molecule has 0 saturated carbocycles. The number of ether oxygens (including phenoxy) is 1. The molecule has 0 fully saturated rings. The van der Waals surface area contributed by atoms with Crippen molar-refractivity contribution in [2.75, 3.05) is 13.2 Å². The average Bonchev–Trinajstić information content (AvgIpc) is 2.39. The topological polar surface area (TPSA) is 64.3 Å². The van der Waals surface area contributed by atoms with Crippen LogP contribution in [0.5, 0.6) is 5.75 Å². The van der Waals surface area contributed by atoms with Gasteiger partial charge >= 0.3 is 0 Å². The second kappa shape index (κ2) is 7.19. The van der Waals surface area contributed by atoms with Gasteiger partial charge in [0.25, 0.3) is 0 Å². The number of halogens is 2. The van der Waals surface area contributed by atoms with Gasteiger partial charge in [-0.25, -0.2) is 4.39 Å². The van der Waals surface area contributed by atoms with Crippen LogP contribution in [0.1, 0.15) is 26.7 Å². The first-order valence-corrected chi connectivity index (χ1v) is 6.52. The number of primary amides is 1. The van der Waals surface area contributed by atoms with Gasteiger partial charge in [-0.05, 0) is 38.4 Å². The van der Waals surface area contributed by atoms with Gasteiger partial charge in [-0.2, -0.15) is 4.39 Å². The van der Waals surface area contributed by atoms with E-state index in [9.17, 15) is 13.6 Å². The van der Waals surface area contributed by atoms with Crippen molar-refractivity contribution in [1.29, 1.82) is 0 Å². The summed E-state index contributed by atoms with van der Waals surface area (Å²) in [7, 11) is 0. The quantitative estimate of drug-likeness (QED) is 0.718. The monoisotopic (exact) mass is 286 g/mol. The lowest BCUT2D eigenvalue weighted by molar-refractivity contribution is -0.124. The average molecular weight is 286 g/mol. The minimum absolute atomic E-state index is 0.130. The van der Waals surface area contributed by atoms with Crippen LogP contribution in [-0.4, -0.2) is 24.6 Å². The number of carbonyl (C=O) groups excluding carboxylic acids is 1. The Morgan fingerprint density at radius 1 is 1.45 bits per heavy atom. The molecular weight excluding hydrogens is 266 g/mol. The van der Waals surface area contributed by atoms with Crippen molar-refractivity contribution in [2.24, 2.45) is 5.73 Å². The molecule has 1 rings (SSSR count). The van der Waals surface area contributed by atoms with Crippen molar-refractivity contribution in [2.45, 2.75) is 32.2 Å². The van der Waals surface area contributed by atoms with Crippen LogP contribution in [0.3, 0.4) is 0 Å². The molecule has 112 valence electrons. The second-order valence-electron chi connectivity index (χ2n) is 4.73. The summed E-state index contributed by atoms with van der Waals surface area (Å²) in [5.74, 6) is -2.53. The number of carbonyl (C=O) groups is 1. The van der Waals surface area contributed by atoms with E-state index in [4.69, 9.17) is 10.5 Å². The Hall–Kier alpha value is -1.69. The number of hydrogen-bond acceptors (Lipinski definition) is 3. The van der Waals surface area contributed by atoms with Crippen LogP contribution in [0.4, 0.5) is 8.78 Å². The molecule has 0 heterocycles. The molecule has 0 spiro atoms. The maximum atomic E-state index is 13.3. The molecule has 0 aromatic heterocycles. The van der Waals surface area contributed by atoms with Gasteiger partial charge in [-0.3, -0.25) is 4.79 Å². The highest BCUT2D eigenvalue weighted by atomic mass is 19.2. The van der Waals surface area contributed by atoms with Gasteiger partial charge in [0.2, 0.25) is 11.7 Å². The minimum atomic E-state index is -1.00. The maximum Gasteiger partial charge on any atom is 0.237 e. The van der Waals surface area contributed by atoms with E-state index in [1.165, 1.54) is 12.1 Å². The van der Waals surface area contributed by atoms with Gasteiger partial charge in [-0.1, -0.05) is 13.0 Å². The van der Waals surface area contributed by atoms with Crippen molar-refractivity contribution in [3.05, 3.63) is 29.8 Å². The molecule has 0 saturated heterocycles. The molecule has 1 unspecified atom stereocenters.